The van der Waals surface area contributed by atoms with Gasteiger partial charge in [-0.25, -0.2) is 0 Å². The Labute approximate surface area is 222 Å². The van der Waals surface area contributed by atoms with Crippen molar-refractivity contribution in [2.24, 2.45) is 0 Å². The standard InChI is InChI=1S/C27H31N5O2S2/c1-4-5-11-32-24(31-14-12-30(13-15-31)18-20-9-7-6-8-10-20)21(19(2)22(17-28)25(32)33)16-23-26(34)29(3)27(35)36-23/h6-10,16H,4-5,11-15,18H2,1-3H3/b23-16-. The molecule has 188 valence electrons. The van der Waals surface area contributed by atoms with E-state index in [1.165, 1.54) is 22.2 Å². The molecule has 4 rings (SSSR count). The Kier molecular flexibility index (Phi) is 8.29. The molecule has 0 saturated carbocycles. The van der Waals surface area contributed by atoms with Gasteiger partial charge in [0.15, 0.2) is 0 Å². The highest BCUT2D eigenvalue weighted by molar-refractivity contribution is 8.26. The van der Waals surface area contributed by atoms with Crippen molar-refractivity contribution in [2.45, 2.75) is 39.8 Å². The zero-order valence-electron chi connectivity index (χ0n) is 21.0. The van der Waals surface area contributed by atoms with Crippen molar-refractivity contribution in [3.63, 3.8) is 0 Å². The monoisotopic (exact) mass is 521 g/mol. The number of carbonyl (C=O) groups excluding carboxylic acids is 1. The van der Waals surface area contributed by atoms with Crippen LogP contribution in [0.15, 0.2) is 40.0 Å². The number of anilines is 1. The summed E-state index contributed by atoms with van der Waals surface area (Å²) in [4.78, 5) is 32.9. The van der Waals surface area contributed by atoms with E-state index in [1.807, 2.05) is 12.1 Å². The summed E-state index contributed by atoms with van der Waals surface area (Å²) < 4.78 is 2.25. The zero-order chi connectivity index (χ0) is 25.8. The molecular weight excluding hydrogens is 490 g/mol. The van der Waals surface area contributed by atoms with Crippen molar-refractivity contribution >= 4 is 46.1 Å². The predicted molar refractivity (Wildman–Crippen MR) is 150 cm³/mol. The number of benzene rings is 1. The van der Waals surface area contributed by atoms with Gasteiger partial charge >= 0.3 is 0 Å². The summed E-state index contributed by atoms with van der Waals surface area (Å²) in [6, 6.07) is 12.5. The summed E-state index contributed by atoms with van der Waals surface area (Å²) in [6.07, 6.45) is 3.58. The number of unbranched alkanes of at least 4 members (excludes halogenated alkanes) is 1. The topological polar surface area (TPSA) is 72.6 Å². The number of nitrogens with zero attached hydrogens (tertiary/aromatic N) is 5. The third kappa shape index (κ3) is 5.26. The van der Waals surface area contributed by atoms with Crippen LogP contribution < -0.4 is 10.5 Å². The van der Waals surface area contributed by atoms with E-state index in [-0.39, 0.29) is 17.0 Å². The second-order valence-corrected chi connectivity index (χ2v) is 10.8. The Bertz CT molecular complexity index is 1290. The van der Waals surface area contributed by atoms with E-state index in [0.29, 0.717) is 21.3 Å². The molecule has 1 aromatic carbocycles. The molecular formula is C27H31N5O2S2. The number of thiocarbonyl (C=S) groups is 1. The molecule has 0 bridgehead atoms. The number of thioether (sulfide) groups is 1. The molecule has 2 saturated heterocycles. The number of amides is 1. The highest BCUT2D eigenvalue weighted by atomic mass is 32.2. The van der Waals surface area contributed by atoms with E-state index in [1.54, 1.807) is 18.5 Å². The van der Waals surface area contributed by atoms with Gasteiger partial charge in [0.1, 0.15) is 21.8 Å². The van der Waals surface area contributed by atoms with Crippen LogP contribution in [0.3, 0.4) is 0 Å². The molecule has 7 nitrogen and oxygen atoms in total. The van der Waals surface area contributed by atoms with Crippen LogP contribution in [0.5, 0.6) is 0 Å². The van der Waals surface area contributed by atoms with Crippen LogP contribution >= 0.6 is 24.0 Å². The number of pyridine rings is 1. The highest BCUT2D eigenvalue weighted by Gasteiger charge is 2.31. The fourth-order valence-electron chi connectivity index (χ4n) is 4.64. The minimum Gasteiger partial charge on any atom is -0.355 e. The second kappa shape index (κ2) is 11.4. The van der Waals surface area contributed by atoms with Crippen LogP contribution in [0.4, 0.5) is 5.82 Å². The van der Waals surface area contributed by atoms with Crippen LogP contribution in [0, 0.1) is 18.3 Å². The lowest BCUT2D eigenvalue weighted by atomic mass is 10.0. The molecule has 1 aromatic heterocycles. The minimum absolute atomic E-state index is 0.135. The number of likely N-dealkylation sites (N-methyl/N-ethyl adjacent to an activating group) is 1. The number of hydrogen-bond donors (Lipinski definition) is 0. The summed E-state index contributed by atoms with van der Waals surface area (Å²) >= 11 is 6.58. The van der Waals surface area contributed by atoms with Gasteiger partial charge in [-0.05, 0) is 30.5 Å². The molecule has 2 fully saturated rings. The fourth-order valence-corrected chi connectivity index (χ4v) is 5.81. The number of hydrogen-bond acceptors (Lipinski definition) is 7. The Hall–Kier alpha value is -2.93. The second-order valence-electron chi connectivity index (χ2n) is 9.15. The Morgan fingerprint density at radius 3 is 2.42 bits per heavy atom. The van der Waals surface area contributed by atoms with Crippen LogP contribution in [0.25, 0.3) is 6.08 Å². The third-order valence-corrected chi connectivity index (χ3v) is 8.25. The first kappa shape index (κ1) is 26.1. The van der Waals surface area contributed by atoms with E-state index >= 15 is 0 Å². The van der Waals surface area contributed by atoms with Crippen molar-refractivity contribution in [1.29, 1.82) is 5.26 Å². The number of aromatic nitrogens is 1. The Morgan fingerprint density at radius 1 is 1.14 bits per heavy atom. The minimum atomic E-state index is -0.259. The van der Waals surface area contributed by atoms with Crippen molar-refractivity contribution < 1.29 is 4.79 Å². The third-order valence-electron chi connectivity index (χ3n) is 6.76. The first-order chi connectivity index (χ1) is 17.3. The number of rotatable bonds is 7. The summed E-state index contributed by atoms with van der Waals surface area (Å²) in [7, 11) is 1.67. The predicted octanol–water partition coefficient (Wildman–Crippen LogP) is 3.98. The van der Waals surface area contributed by atoms with Gasteiger partial charge in [0.05, 0.1) is 4.91 Å². The van der Waals surface area contributed by atoms with Gasteiger partial charge in [-0.3, -0.25) is 24.0 Å². The van der Waals surface area contributed by atoms with E-state index in [0.717, 1.165) is 56.9 Å². The maximum absolute atomic E-state index is 13.4. The Balaban J connectivity index is 1.75. The van der Waals surface area contributed by atoms with Crippen LogP contribution in [-0.2, 0) is 17.9 Å². The van der Waals surface area contributed by atoms with Gasteiger partial charge < -0.3 is 4.90 Å². The van der Waals surface area contributed by atoms with Crippen molar-refractivity contribution in [3.05, 3.63) is 67.8 Å². The first-order valence-electron chi connectivity index (χ1n) is 12.3. The van der Waals surface area contributed by atoms with Crippen molar-refractivity contribution in [3.8, 4) is 6.07 Å². The lowest BCUT2D eigenvalue weighted by molar-refractivity contribution is -0.121. The maximum Gasteiger partial charge on any atom is 0.270 e. The number of carbonyl (C=O) groups is 1. The molecule has 3 heterocycles. The Morgan fingerprint density at radius 2 is 1.83 bits per heavy atom. The first-order valence-corrected chi connectivity index (χ1v) is 13.5. The molecule has 2 aliphatic rings. The van der Waals surface area contributed by atoms with E-state index in [2.05, 4.69) is 47.1 Å². The lowest BCUT2D eigenvalue weighted by Crippen LogP contribution is -2.48. The molecule has 2 aliphatic heterocycles. The summed E-state index contributed by atoms with van der Waals surface area (Å²) in [5.74, 6) is 0.638. The molecule has 36 heavy (non-hydrogen) atoms. The average Bonchev–Trinajstić information content (AvgIpc) is 3.12. The van der Waals surface area contributed by atoms with Crippen LogP contribution in [-0.4, -0.2) is 57.8 Å². The van der Waals surface area contributed by atoms with Gasteiger partial charge in [-0.2, -0.15) is 5.26 Å². The maximum atomic E-state index is 13.4. The summed E-state index contributed by atoms with van der Waals surface area (Å²) in [5.41, 5.74) is 2.52. The van der Waals surface area contributed by atoms with Gasteiger partial charge in [-0.15, -0.1) is 0 Å². The molecule has 2 aromatic rings. The van der Waals surface area contributed by atoms with Crippen molar-refractivity contribution in [2.75, 3.05) is 38.1 Å². The van der Waals surface area contributed by atoms with Crippen LogP contribution in [0.2, 0.25) is 0 Å². The highest BCUT2D eigenvalue weighted by Crippen LogP contribution is 2.35. The molecule has 0 atom stereocenters. The number of piperazine rings is 1. The molecule has 0 unspecified atom stereocenters. The molecule has 9 heteroatoms. The lowest BCUT2D eigenvalue weighted by Gasteiger charge is -2.38. The van der Waals surface area contributed by atoms with E-state index in [9.17, 15) is 14.9 Å². The molecule has 0 N–H and O–H groups in total. The van der Waals surface area contributed by atoms with Gasteiger partial charge in [0, 0.05) is 51.9 Å². The SMILES string of the molecule is CCCCn1c(N2CCN(Cc3ccccc3)CC2)c(/C=C2\SC(=S)N(C)C2=O)c(C)c(C#N)c1=O. The average molecular weight is 522 g/mol. The van der Waals surface area contributed by atoms with Crippen molar-refractivity contribution in [1.82, 2.24) is 14.4 Å². The number of nitriles is 1. The molecule has 0 radical (unpaired) electrons. The molecule has 0 spiro atoms. The molecule has 1 amide bonds. The fraction of sp³-hybridized carbons (Fsp3) is 0.407. The van der Waals surface area contributed by atoms with Crippen LogP contribution in [0.1, 0.15) is 42.0 Å². The van der Waals surface area contributed by atoms with Gasteiger partial charge in [0.25, 0.3) is 11.5 Å². The zero-order valence-corrected chi connectivity index (χ0v) is 22.6. The van der Waals surface area contributed by atoms with Gasteiger partial charge in [0.2, 0.25) is 0 Å². The normalized spacial score (nSPS) is 17.8. The summed E-state index contributed by atoms with van der Waals surface area (Å²) in [5, 5.41) is 9.84. The smallest absolute Gasteiger partial charge is 0.270 e. The summed E-state index contributed by atoms with van der Waals surface area (Å²) in [6.45, 7) is 8.50. The van der Waals surface area contributed by atoms with Gasteiger partial charge in [-0.1, -0.05) is 67.7 Å². The quantitative estimate of drug-likeness (QED) is 0.403. The van der Waals surface area contributed by atoms with E-state index < -0.39 is 0 Å². The van der Waals surface area contributed by atoms with E-state index in [4.69, 9.17) is 12.2 Å². The molecule has 0 aliphatic carbocycles. The largest absolute Gasteiger partial charge is 0.355 e.